The second-order valence-electron chi connectivity index (χ2n) is 5.45. The normalized spacial score (nSPS) is 15.3. The van der Waals surface area contributed by atoms with Crippen molar-refractivity contribution in [2.24, 2.45) is 5.10 Å². The first kappa shape index (κ1) is 16.8. The summed E-state index contributed by atoms with van der Waals surface area (Å²) in [6.45, 7) is 6.58. The predicted molar refractivity (Wildman–Crippen MR) is 90.2 cm³/mol. The molecule has 0 aliphatic carbocycles. The van der Waals surface area contributed by atoms with E-state index in [2.05, 4.69) is 25.4 Å². The number of hydrogen-bond donors (Lipinski definition) is 1. The zero-order valence-electron chi connectivity index (χ0n) is 13.9. The van der Waals surface area contributed by atoms with Gasteiger partial charge in [-0.3, -0.25) is 15.5 Å². The third-order valence-corrected chi connectivity index (χ3v) is 3.66. The Balaban J connectivity index is 1.77. The van der Waals surface area contributed by atoms with Crippen molar-refractivity contribution < 1.29 is 14.1 Å². The van der Waals surface area contributed by atoms with Crippen molar-refractivity contribution in [3.05, 3.63) is 34.1 Å². The molecule has 132 valence electrons. The number of amidine groups is 1. The molecule has 3 rings (SSSR count). The van der Waals surface area contributed by atoms with Crippen LogP contribution in [0, 0.1) is 17.0 Å². The highest BCUT2D eigenvalue weighted by atomic mass is 16.6. The summed E-state index contributed by atoms with van der Waals surface area (Å²) in [5.74, 6) is 1.78. The monoisotopic (exact) mass is 346 g/mol. The van der Waals surface area contributed by atoms with Gasteiger partial charge in [0.25, 0.3) is 0 Å². The third-order valence-electron chi connectivity index (χ3n) is 3.66. The molecule has 3 heterocycles. The van der Waals surface area contributed by atoms with Gasteiger partial charge in [-0.05, 0) is 19.9 Å². The molecule has 10 heteroatoms. The van der Waals surface area contributed by atoms with E-state index in [9.17, 15) is 10.1 Å². The number of nitrogens with zero attached hydrogens (tertiary/aromatic N) is 5. The van der Waals surface area contributed by atoms with E-state index < -0.39 is 4.92 Å². The molecule has 10 nitrogen and oxygen atoms in total. The van der Waals surface area contributed by atoms with Crippen LogP contribution in [0.2, 0.25) is 0 Å². The molecule has 2 aromatic rings. The van der Waals surface area contributed by atoms with Gasteiger partial charge in [0.2, 0.25) is 0 Å². The second-order valence-corrected chi connectivity index (χ2v) is 5.45. The van der Waals surface area contributed by atoms with E-state index in [0.29, 0.717) is 36.3 Å². The molecule has 1 aliphatic heterocycles. The minimum absolute atomic E-state index is 0.300. The minimum Gasteiger partial charge on any atom is -0.399 e. The SMILES string of the molecule is C/C(=N/Nc1cc(-c2ccc([N+](=O)[O-])o2)nc(C)n1)N1CCOCC1. The Morgan fingerprint density at radius 3 is 2.80 bits per heavy atom. The highest BCUT2D eigenvalue weighted by Crippen LogP contribution is 2.26. The quantitative estimate of drug-likeness (QED) is 0.386. The topological polar surface area (TPSA) is 119 Å². The van der Waals surface area contributed by atoms with E-state index in [0.717, 1.165) is 18.9 Å². The van der Waals surface area contributed by atoms with Gasteiger partial charge in [-0.1, -0.05) is 0 Å². The number of morpholine rings is 1. The van der Waals surface area contributed by atoms with Crippen LogP contribution in [0.15, 0.2) is 27.7 Å². The number of hydrogen-bond acceptors (Lipinski definition) is 8. The van der Waals surface area contributed by atoms with Crippen LogP contribution in [-0.2, 0) is 4.74 Å². The molecule has 0 saturated carbocycles. The lowest BCUT2D eigenvalue weighted by Gasteiger charge is -2.28. The summed E-state index contributed by atoms with van der Waals surface area (Å²) in [4.78, 5) is 20.8. The fourth-order valence-electron chi connectivity index (χ4n) is 2.41. The van der Waals surface area contributed by atoms with Gasteiger partial charge in [0.1, 0.15) is 22.3 Å². The van der Waals surface area contributed by atoms with Crippen molar-refractivity contribution in [2.45, 2.75) is 13.8 Å². The number of nitro groups is 1. The summed E-state index contributed by atoms with van der Waals surface area (Å²) in [6, 6.07) is 4.43. The Labute approximate surface area is 143 Å². The second kappa shape index (κ2) is 7.26. The van der Waals surface area contributed by atoms with Gasteiger partial charge >= 0.3 is 5.88 Å². The Morgan fingerprint density at radius 1 is 1.36 bits per heavy atom. The lowest BCUT2D eigenvalue weighted by Crippen LogP contribution is -2.39. The van der Waals surface area contributed by atoms with Crippen LogP contribution in [0.4, 0.5) is 11.7 Å². The smallest absolute Gasteiger partial charge is 0.399 e. The maximum absolute atomic E-state index is 10.7. The van der Waals surface area contributed by atoms with E-state index in [-0.39, 0.29) is 5.88 Å². The molecule has 0 atom stereocenters. The number of nitrogens with one attached hydrogen (secondary N) is 1. The lowest BCUT2D eigenvalue weighted by atomic mass is 10.3. The average molecular weight is 346 g/mol. The average Bonchev–Trinajstić information content (AvgIpc) is 3.10. The molecular weight excluding hydrogens is 328 g/mol. The fraction of sp³-hybridized carbons (Fsp3) is 0.400. The summed E-state index contributed by atoms with van der Waals surface area (Å²) in [7, 11) is 0. The molecular formula is C15H18N6O4. The predicted octanol–water partition coefficient (Wildman–Crippen LogP) is 2.03. The van der Waals surface area contributed by atoms with E-state index in [1.54, 1.807) is 13.0 Å². The Kier molecular flexibility index (Phi) is 4.89. The molecule has 0 unspecified atom stereocenters. The van der Waals surface area contributed by atoms with Gasteiger partial charge in [0.05, 0.1) is 19.3 Å². The summed E-state index contributed by atoms with van der Waals surface area (Å²) < 4.78 is 10.5. The highest BCUT2D eigenvalue weighted by molar-refractivity contribution is 5.80. The number of rotatable bonds is 4. The van der Waals surface area contributed by atoms with Crippen molar-refractivity contribution in [3.63, 3.8) is 0 Å². The van der Waals surface area contributed by atoms with E-state index >= 15 is 0 Å². The van der Waals surface area contributed by atoms with Gasteiger partial charge in [-0.25, -0.2) is 9.97 Å². The standard InChI is InChI=1S/C15H18N6O4/c1-10-16-12(13-3-4-15(25-13)21(22)23)9-14(17-10)19-18-11(2)20-5-7-24-8-6-20/h3-4,9H,5-8H2,1-2H3,(H,16,17,19)/b18-11-. The van der Waals surface area contributed by atoms with E-state index in [1.807, 2.05) is 6.92 Å². The number of anilines is 1. The first-order valence-electron chi connectivity index (χ1n) is 7.76. The number of hydrazone groups is 1. The molecule has 1 N–H and O–H groups in total. The molecule has 0 bridgehead atoms. The van der Waals surface area contributed by atoms with Crippen molar-refractivity contribution >= 4 is 17.5 Å². The maximum Gasteiger partial charge on any atom is 0.433 e. The van der Waals surface area contributed by atoms with Crippen LogP contribution in [0.3, 0.4) is 0 Å². The minimum atomic E-state index is -0.591. The maximum atomic E-state index is 10.7. The van der Waals surface area contributed by atoms with Crippen LogP contribution >= 0.6 is 0 Å². The summed E-state index contributed by atoms with van der Waals surface area (Å²) in [5.41, 5.74) is 3.35. The molecule has 1 fully saturated rings. The molecule has 1 aliphatic rings. The zero-order chi connectivity index (χ0) is 17.8. The molecule has 0 radical (unpaired) electrons. The zero-order valence-corrected chi connectivity index (χ0v) is 13.9. The first-order chi connectivity index (χ1) is 12.0. The number of aromatic nitrogens is 2. The van der Waals surface area contributed by atoms with Crippen LogP contribution in [0.25, 0.3) is 11.5 Å². The van der Waals surface area contributed by atoms with Gasteiger partial charge in [0.15, 0.2) is 11.6 Å². The fourth-order valence-corrected chi connectivity index (χ4v) is 2.41. The molecule has 0 aromatic carbocycles. The van der Waals surface area contributed by atoms with E-state index in [1.165, 1.54) is 12.1 Å². The van der Waals surface area contributed by atoms with E-state index in [4.69, 9.17) is 9.15 Å². The van der Waals surface area contributed by atoms with Gasteiger partial charge in [0, 0.05) is 19.2 Å². The van der Waals surface area contributed by atoms with Crippen LogP contribution < -0.4 is 5.43 Å². The molecule has 25 heavy (non-hydrogen) atoms. The van der Waals surface area contributed by atoms with Gasteiger partial charge in [-0.15, -0.1) is 0 Å². The number of furan rings is 1. The molecule has 2 aromatic heterocycles. The Bertz CT molecular complexity index is 797. The summed E-state index contributed by atoms with van der Waals surface area (Å²) in [6.07, 6.45) is 0. The summed E-state index contributed by atoms with van der Waals surface area (Å²) >= 11 is 0. The van der Waals surface area contributed by atoms with Crippen LogP contribution in [0.5, 0.6) is 0 Å². The largest absolute Gasteiger partial charge is 0.433 e. The molecule has 1 saturated heterocycles. The Morgan fingerprint density at radius 2 is 2.12 bits per heavy atom. The number of ether oxygens (including phenoxy) is 1. The highest BCUT2D eigenvalue weighted by Gasteiger charge is 2.15. The molecule has 0 amide bonds. The summed E-state index contributed by atoms with van der Waals surface area (Å²) in [5, 5.41) is 15.1. The van der Waals surface area contributed by atoms with Crippen LogP contribution in [-0.4, -0.2) is 51.9 Å². The third kappa shape index (κ3) is 4.10. The van der Waals surface area contributed by atoms with Crippen molar-refractivity contribution in [3.8, 4) is 11.5 Å². The molecule has 0 spiro atoms. The van der Waals surface area contributed by atoms with Gasteiger partial charge < -0.3 is 14.1 Å². The van der Waals surface area contributed by atoms with Crippen molar-refractivity contribution in [1.29, 1.82) is 0 Å². The van der Waals surface area contributed by atoms with Crippen LogP contribution in [0.1, 0.15) is 12.7 Å². The van der Waals surface area contributed by atoms with Crippen molar-refractivity contribution in [2.75, 3.05) is 31.7 Å². The van der Waals surface area contributed by atoms with Gasteiger partial charge in [-0.2, -0.15) is 5.10 Å². The lowest BCUT2D eigenvalue weighted by molar-refractivity contribution is -0.401. The number of aryl methyl sites for hydroxylation is 1. The van der Waals surface area contributed by atoms with Crippen molar-refractivity contribution in [1.82, 2.24) is 14.9 Å². The Hall–Kier alpha value is -3.01. The first-order valence-corrected chi connectivity index (χ1v) is 7.76.